The molecule has 0 atom stereocenters. The van der Waals surface area contributed by atoms with E-state index >= 15 is 0 Å². The molecule has 0 saturated heterocycles. The van der Waals surface area contributed by atoms with Crippen LogP contribution in [-0.4, -0.2) is 49.5 Å². The maximum absolute atomic E-state index is 12.1. The summed E-state index contributed by atoms with van der Waals surface area (Å²) in [5, 5.41) is 6.61. The summed E-state index contributed by atoms with van der Waals surface area (Å²) in [7, 11) is 0. The summed E-state index contributed by atoms with van der Waals surface area (Å²) in [6, 6.07) is 8.63. The van der Waals surface area contributed by atoms with E-state index in [-0.39, 0.29) is 11.3 Å². The van der Waals surface area contributed by atoms with Crippen molar-refractivity contribution in [2.75, 3.05) is 32.7 Å². The lowest BCUT2D eigenvalue weighted by Crippen LogP contribution is -2.40. The third kappa shape index (κ3) is 5.23. The summed E-state index contributed by atoms with van der Waals surface area (Å²) in [6.07, 6.45) is 2.89. The van der Waals surface area contributed by atoms with E-state index < -0.39 is 0 Å². The average Bonchev–Trinajstić information content (AvgIpc) is 3.42. The standard InChI is InChI=1S/C21H34N4O/c1-5-22-20(23-15-12-19(26)25(6-2)7-3)24-16-21(13-14-21)18-11-9-8-10-17(18)4/h8-11H,5-7,12-16H2,1-4H3,(H2,22,23,24). The van der Waals surface area contributed by atoms with Gasteiger partial charge in [0.05, 0.1) is 6.54 Å². The van der Waals surface area contributed by atoms with Gasteiger partial charge in [-0.1, -0.05) is 24.3 Å². The number of guanidine groups is 1. The summed E-state index contributed by atoms with van der Waals surface area (Å²) in [6.45, 7) is 12.0. The van der Waals surface area contributed by atoms with Gasteiger partial charge in [-0.2, -0.15) is 0 Å². The lowest BCUT2D eigenvalue weighted by molar-refractivity contribution is -0.130. The van der Waals surface area contributed by atoms with Gasteiger partial charge < -0.3 is 15.5 Å². The highest BCUT2D eigenvalue weighted by Gasteiger charge is 2.44. The second-order valence-corrected chi connectivity index (χ2v) is 7.03. The Morgan fingerprint density at radius 3 is 2.42 bits per heavy atom. The second kappa shape index (κ2) is 9.60. The van der Waals surface area contributed by atoms with E-state index in [4.69, 9.17) is 4.99 Å². The lowest BCUT2D eigenvalue weighted by Gasteiger charge is -2.20. The summed E-state index contributed by atoms with van der Waals surface area (Å²) < 4.78 is 0. The van der Waals surface area contributed by atoms with Gasteiger partial charge in [0.25, 0.3) is 0 Å². The minimum Gasteiger partial charge on any atom is -0.357 e. The van der Waals surface area contributed by atoms with Crippen molar-refractivity contribution >= 4 is 11.9 Å². The molecule has 0 unspecified atom stereocenters. The van der Waals surface area contributed by atoms with Crippen molar-refractivity contribution in [1.82, 2.24) is 15.5 Å². The molecule has 1 aromatic rings. The van der Waals surface area contributed by atoms with Crippen molar-refractivity contribution in [3.63, 3.8) is 0 Å². The molecular weight excluding hydrogens is 324 g/mol. The van der Waals surface area contributed by atoms with Crippen molar-refractivity contribution in [3.05, 3.63) is 35.4 Å². The summed E-state index contributed by atoms with van der Waals surface area (Å²) in [5.74, 6) is 0.997. The Labute approximate surface area is 158 Å². The van der Waals surface area contributed by atoms with E-state index in [9.17, 15) is 4.79 Å². The van der Waals surface area contributed by atoms with Gasteiger partial charge in [-0.3, -0.25) is 9.79 Å². The minimum atomic E-state index is 0.192. The maximum atomic E-state index is 12.1. The van der Waals surface area contributed by atoms with Crippen LogP contribution in [0.4, 0.5) is 0 Å². The smallest absolute Gasteiger partial charge is 0.224 e. The highest BCUT2D eigenvalue weighted by Crippen LogP contribution is 2.49. The molecular formula is C21H34N4O. The highest BCUT2D eigenvalue weighted by atomic mass is 16.2. The number of carbonyl (C=O) groups is 1. The molecule has 0 radical (unpaired) electrons. The lowest BCUT2D eigenvalue weighted by atomic mass is 9.92. The van der Waals surface area contributed by atoms with Crippen LogP contribution >= 0.6 is 0 Å². The molecule has 0 heterocycles. The Balaban J connectivity index is 1.93. The van der Waals surface area contributed by atoms with Gasteiger partial charge in [0.2, 0.25) is 5.91 Å². The monoisotopic (exact) mass is 358 g/mol. The van der Waals surface area contributed by atoms with Crippen LogP contribution < -0.4 is 10.6 Å². The number of hydrogen-bond acceptors (Lipinski definition) is 2. The van der Waals surface area contributed by atoms with Crippen molar-refractivity contribution in [2.24, 2.45) is 4.99 Å². The Kier molecular flexibility index (Phi) is 7.49. The molecule has 0 bridgehead atoms. The molecule has 1 aliphatic carbocycles. The second-order valence-electron chi connectivity index (χ2n) is 7.03. The Morgan fingerprint density at radius 2 is 1.85 bits per heavy atom. The predicted octanol–water partition coefficient (Wildman–Crippen LogP) is 2.84. The number of carbonyl (C=O) groups excluding carboxylic acids is 1. The molecule has 1 fully saturated rings. The topological polar surface area (TPSA) is 56.7 Å². The third-order valence-electron chi connectivity index (χ3n) is 5.20. The average molecular weight is 359 g/mol. The molecule has 0 aromatic heterocycles. The normalized spacial score (nSPS) is 15.5. The first-order chi connectivity index (χ1) is 12.6. The highest BCUT2D eigenvalue weighted by molar-refractivity contribution is 5.81. The van der Waals surface area contributed by atoms with Crippen molar-refractivity contribution in [2.45, 2.75) is 52.4 Å². The molecule has 1 aromatic carbocycles. The van der Waals surface area contributed by atoms with Gasteiger partial charge in [-0.25, -0.2) is 0 Å². The fourth-order valence-electron chi connectivity index (χ4n) is 3.43. The number of rotatable bonds is 9. The molecule has 0 spiro atoms. The molecule has 0 aliphatic heterocycles. The molecule has 144 valence electrons. The van der Waals surface area contributed by atoms with E-state index in [1.54, 1.807) is 0 Å². The molecule has 2 rings (SSSR count). The number of hydrogen-bond donors (Lipinski definition) is 2. The van der Waals surface area contributed by atoms with Gasteiger partial charge in [0.15, 0.2) is 5.96 Å². The number of nitrogens with one attached hydrogen (secondary N) is 2. The Hall–Kier alpha value is -2.04. The van der Waals surface area contributed by atoms with Crippen molar-refractivity contribution in [3.8, 4) is 0 Å². The molecule has 1 saturated carbocycles. The number of aryl methyl sites for hydroxylation is 1. The number of benzene rings is 1. The summed E-state index contributed by atoms with van der Waals surface area (Å²) in [5.41, 5.74) is 2.98. The molecule has 2 N–H and O–H groups in total. The summed E-state index contributed by atoms with van der Waals surface area (Å²) >= 11 is 0. The van der Waals surface area contributed by atoms with E-state index in [1.165, 1.54) is 24.0 Å². The van der Waals surface area contributed by atoms with Crippen LogP contribution in [0.1, 0.15) is 51.2 Å². The predicted molar refractivity (Wildman–Crippen MR) is 109 cm³/mol. The molecule has 5 nitrogen and oxygen atoms in total. The van der Waals surface area contributed by atoms with Gasteiger partial charge in [0, 0.05) is 38.0 Å². The zero-order chi connectivity index (χ0) is 19.0. The zero-order valence-corrected chi connectivity index (χ0v) is 16.8. The van der Waals surface area contributed by atoms with Crippen LogP contribution in [0.2, 0.25) is 0 Å². The minimum absolute atomic E-state index is 0.192. The number of nitrogens with zero attached hydrogens (tertiary/aromatic N) is 2. The first-order valence-corrected chi connectivity index (χ1v) is 9.92. The van der Waals surface area contributed by atoms with Crippen LogP contribution in [0.3, 0.4) is 0 Å². The fourth-order valence-corrected chi connectivity index (χ4v) is 3.43. The van der Waals surface area contributed by atoms with E-state index in [1.807, 2.05) is 18.7 Å². The van der Waals surface area contributed by atoms with E-state index in [2.05, 4.69) is 48.7 Å². The van der Waals surface area contributed by atoms with Crippen LogP contribution in [0.5, 0.6) is 0 Å². The summed E-state index contributed by atoms with van der Waals surface area (Å²) in [4.78, 5) is 18.8. The van der Waals surface area contributed by atoms with Gasteiger partial charge in [-0.05, 0) is 51.7 Å². The third-order valence-corrected chi connectivity index (χ3v) is 5.20. The van der Waals surface area contributed by atoms with E-state index in [0.717, 1.165) is 32.1 Å². The van der Waals surface area contributed by atoms with E-state index in [0.29, 0.717) is 13.0 Å². The maximum Gasteiger partial charge on any atom is 0.224 e. The molecule has 1 aliphatic rings. The Morgan fingerprint density at radius 1 is 1.15 bits per heavy atom. The molecule has 26 heavy (non-hydrogen) atoms. The van der Waals surface area contributed by atoms with Crippen molar-refractivity contribution in [1.29, 1.82) is 0 Å². The molecule has 5 heteroatoms. The number of aliphatic imine (C=N–C) groups is 1. The largest absolute Gasteiger partial charge is 0.357 e. The van der Waals surface area contributed by atoms with Crippen LogP contribution in [0.25, 0.3) is 0 Å². The quantitative estimate of drug-likeness (QED) is 0.527. The van der Waals surface area contributed by atoms with Gasteiger partial charge >= 0.3 is 0 Å². The fraction of sp³-hybridized carbons (Fsp3) is 0.619. The Bertz CT molecular complexity index is 618. The first-order valence-electron chi connectivity index (χ1n) is 9.92. The van der Waals surface area contributed by atoms with Gasteiger partial charge in [-0.15, -0.1) is 0 Å². The SMILES string of the molecule is CCNC(=NCC1(c2ccccc2C)CC1)NCCC(=O)N(CC)CC. The first kappa shape index (κ1) is 20.3. The zero-order valence-electron chi connectivity index (χ0n) is 16.8. The van der Waals surface area contributed by atoms with Crippen LogP contribution in [0.15, 0.2) is 29.3 Å². The van der Waals surface area contributed by atoms with Crippen molar-refractivity contribution < 1.29 is 4.79 Å². The number of amides is 1. The van der Waals surface area contributed by atoms with Crippen LogP contribution in [-0.2, 0) is 10.2 Å². The van der Waals surface area contributed by atoms with Crippen LogP contribution in [0, 0.1) is 6.92 Å². The molecule has 1 amide bonds. The van der Waals surface area contributed by atoms with Gasteiger partial charge in [0.1, 0.15) is 0 Å².